The molecule has 0 radical (unpaired) electrons. The molecule has 0 unspecified atom stereocenters. The van der Waals surface area contributed by atoms with Crippen LogP contribution in [0.1, 0.15) is 25.8 Å². The van der Waals surface area contributed by atoms with Crippen LogP contribution in [-0.2, 0) is 0 Å². The van der Waals surface area contributed by atoms with Crippen molar-refractivity contribution >= 4 is 5.70 Å². The zero-order valence-electron chi connectivity index (χ0n) is 14.0. The van der Waals surface area contributed by atoms with Gasteiger partial charge in [0.05, 0.1) is 0 Å². The van der Waals surface area contributed by atoms with Gasteiger partial charge in [0, 0.05) is 12.2 Å². The highest BCUT2D eigenvalue weighted by Crippen LogP contribution is 2.22. The van der Waals surface area contributed by atoms with Gasteiger partial charge in [-0.05, 0) is 54.0 Å². The van der Waals surface area contributed by atoms with Crippen molar-refractivity contribution in [3.05, 3.63) is 89.2 Å². The fraction of sp³-hybridized carbons (Fsp3) is 0.200. The molecule has 23 heavy (non-hydrogen) atoms. The standard InChI is InChI=1S/C20H27N3/c1-3-8-17(14-20(23)16-10-6-5-7-11-16)19(12-13-21)18(15-22)9-4-2/h4-14H,3,15,21-23H2,1-2H3/b9-4-,13-12-,17-8+,19-18+,20-14-. The quantitative estimate of drug-likeness (QED) is 0.673. The number of hydrogen-bond donors (Lipinski definition) is 3. The molecule has 0 atom stereocenters. The Morgan fingerprint density at radius 2 is 1.83 bits per heavy atom. The maximum absolute atomic E-state index is 6.27. The zero-order chi connectivity index (χ0) is 17.1. The Morgan fingerprint density at radius 1 is 1.13 bits per heavy atom. The molecule has 0 aromatic heterocycles. The number of nitrogens with two attached hydrogens (primary N) is 3. The molecule has 122 valence electrons. The van der Waals surface area contributed by atoms with Gasteiger partial charge in [-0.15, -0.1) is 0 Å². The Hall–Kier alpha value is -2.52. The number of hydrogen-bond acceptors (Lipinski definition) is 3. The first-order valence-electron chi connectivity index (χ1n) is 7.85. The third kappa shape index (κ3) is 5.64. The Balaban J connectivity index is 3.41. The van der Waals surface area contributed by atoms with Gasteiger partial charge < -0.3 is 17.2 Å². The number of allylic oxidation sites excluding steroid dienone is 6. The summed E-state index contributed by atoms with van der Waals surface area (Å²) < 4.78 is 0. The highest BCUT2D eigenvalue weighted by molar-refractivity contribution is 5.69. The zero-order valence-corrected chi connectivity index (χ0v) is 14.0. The van der Waals surface area contributed by atoms with E-state index in [-0.39, 0.29) is 0 Å². The predicted octanol–water partition coefficient (Wildman–Crippen LogP) is 3.63. The Kier molecular flexibility index (Phi) is 8.25. The van der Waals surface area contributed by atoms with Gasteiger partial charge in [0.1, 0.15) is 0 Å². The van der Waals surface area contributed by atoms with Gasteiger partial charge in [-0.25, -0.2) is 0 Å². The lowest BCUT2D eigenvalue weighted by Gasteiger charge is -2.11. The van der Waals surface area contributed by atoms with Crippen molar-refractivity contribution in [3.8, 4) is 0 Å². The molecule has 1 rings (SSSR count). The first-order chi connectivity index (χ1) is 11.2. The lowest BCUT2D eigenvalue weighted by Crippen LogP contribution is -2.06. The van der Waals surface area contributed by atoms with Gasteiger partial charge in [-0.3, -0.25) is 0 Å². The molecule has 0 fully saturated rings. The molecule has 0 saturated heterocycles. The molecule has 1 aromatic carbocycles. The van der Waals surface area contributed by atoms with E-state index in [2.05, 4.69) is 13.0 Å². The molecule has 0 spiro atoms. The maximum Gasteiger partial charge on any atom is 0.0393 e. The molecule has 0 bridgehead atoms. The Labute approximate surface area is 139 Å². The highest BCUT2D eigenvalue weighted by atomic mass is 14.6. The van der Waals surface area contributed by atoms with Crippen LogP contribution < -0.4 is 17.2 Å². The first kappa shape index (κ1) is 18.5. The molecule has 3 nitrogen and oxygen atoms in total. The minimum atomic E-state index is 0.435. The lowest BCUT2D eigenvalue weighted by atomic mass is 9.96. The fourth-order valence-corrected chi connectivity index (χ4v) is 2.30. The van der Waals surface area contributed by atoms with Crippen LogP contribution >= 0.6 is 0 Å². The van der Waals surface area contributed by atoms with E-state index in [4.69, 9.17) is 17.2 Å². The van der Waals surface area contributed by atoms with Crippen molar-refractivity contribution in [1.29, 1.82) is 0 Å². The molecule has 6 N–H and O–H groups in total. The van der Waals surface area contributed by atoms with Crippen LogP contribution in [0.4, 0.5) is 0 Å². The molecule has 3 heteroatoms. The van der Waals surface area contributed by atoms with Crippen molar-refractivity contribution < 1.29 is 0 Å². The summed E-state index contributed by atoms with van der Waals surface area (Å²) in [7, 11) is 0. The molecule has 0 heterocycles. The molecule has 1 aromatic rings. The maximum atomic E-state index is 6.27. The molecular weight excluding hydrogens is 282 g/mol. The molecule has 0 saturated carbocycles. The Morgan fingerprint density at radius 3 is 2.35 bits per heavy atom. The topological polar surface area (TPSA) is 78.1 Å². The monoisotopic (exact) mass is 309 g/mol. The van der Waals surface area contributed by atoms with E-state index in [0.29, 0.717) is 12.2 Å². The summed E-state index contributed by atoms with van der Waals surface area (Å²) in [6, 6.07) is 9.91. The largest absolute Gasteiger partial charge is 0.405 e. The normalized spacial score (nSPS) is 14.6. The van der Waals surface area contributed by atoms with E-state index >= 15 is 0 Å². The smallest absolute Gasteiger partial charge is 0.0393 e. The average molecular weight is 309 g/mol. The third-order valence-corrected chi connectivity index (χ3v) is 3.35. The highest BCUT2D eigenvalue weighted by Gasteiger charge is 2.06. The predicted molar refractivity (Wildman–Crippen MR) is 101 cm³/mol. The van der Waals surface area contributed by atoms with Crippen molar-refractivity contribution in [3.63, 3.8) is 0 Å². The number of benzene rings is 1. The van der Waals surface area contributed by atoms with Crippen molar-refractivity contribution in [2.75, 3.05) is 6.54 Å². The summed E-state index contributed by atoms with van der Waals surface area (Å²) in [5.41, 5.74) is 22.5. The van der Waals surface area contributed by atoms with E-state index in [1.807, 2.05) is 61.6 Å². The van der Waals surface area contributed by atoms with Gasteiger partial charge in [0.15, 0.2) is 0 Å². The second kappa shape index (κ2) is 10.2. The van der Waals surface area contributed by atoms with E-state index < -0.39 is 0 Å². The SMILES string of the molecule is C\C=C/C(CN)=C(/C=C\N)C(\C=C(/N)c1ccccc1)=C\CC. The number of rotatable bonds is 7. The average Bonchev–Trinajstić information content (AvgIpc) is 2.58. The minimum absolute atomic E-state index is 0.435. The summed E-state index contributed by atoms with van der Waals surface area (Å²) in [5.74, 6) is 0. The Bertz CT molecular complexity index is 632. The van der Waals surface area contributed by atoms with Crippen LogP contribution in [0, 0.1) is 0 Å². The van der Waals surface area contributed by atoms with E-state index in [0.717, 1.165) is 28.7 Å². The van der Waals surface area contributed by atoms with Crippen LogP contribution in [0.5, 0.6) is 0 Å². The van der Waals surface area contributed by atoms with Crippen LogP contribution in [0.3, 0.4) is 0 Å². The summed E-state index contributed by atoms with van der Waals surface area (Å²) in [4.78, 5) is 0. The summed E-state index contributed by atoms with van der Waals surface area (Å²) in [6.07, 6.45) is 12.4. The van der Waals surface area contributed by atoms with Crippen molar-refractivity contribution in [1.82, 2.24) is 0 Å². The van der Waals surface area contributed by atoms with Gasteiger partial charge in [0.2, 0.25) is 0 Å². The van der Waals surface area contributed by atoms with Gasteiger partial charge >= 0.3 is 0 Å². The lowest BCUT2D eigenvalue weighted by molar-refractivity contribution is 1.15. The van der Waals surface area contributed by atoms with Crippen molar-refractivity contribution in [2.24, 2.45) is 17.2 Å². The van der Waals surface area contributed by atoms with Crippen LogP contribution in [0.15, 0.2) is 83.6 Å². The van der Waals surface area contributed by atoms with Gasteiger partial charge in [0.25, 0.3) is 0 Å². The van der Waals surface area contributed by atoms with E-state index in [1.165, 1.54) is 6.20 Å². The van der Waals surface area contributed by atoms with Gasteiger partial charge in [-0.2, -0.15) is 0 Å². The third-order valence-electron chi connectivity index (χ3n) is 3.35. The second-order valence-corrected chi connectivity index (χ2v) is 5.04. The fourth-order valence-electron chi connectivity index (χ4n) is 2.30. The molecule has 0 aliphatic rings. The van der Waals surface area contributed by atoms with E-state index in [1.54, 1.807) is 0 Å². The van der Waals surface area contributed by atoms with Crippen LogP contribution in [-0.4, -0.2) is 6.54 Å². The minimum Gasteiger partial charge on any atom is -0.405 e. The molecular formula is C20H27N3. The van der Waals surface area contributed by atoms with E-state index in [9.17, 15) is 0 Å². The molecule has 0 amide bonds. The van der Waals surface area contributed by atoms with Crippen LogP contribution in [0.2, 0.25) is 0 Å². The molecule has 0 aliphatic carbocycles. The van der Waals surface area contributed by atoms with Crippen LogP contribution in [0.25, 0.3) is 5.70 Å². The molecule has 0 aliphatic heterocycles. The summed E-state index contributed by atoms with van der Waals surface area (Å²) in [6.45, 7) is 4.50. The summed E-state index contributed by atoms with van der Waals surface area (Å²) in [5, 5.41) is 0. The summed E-state index contributed by atoms with van der Waals surface area (Å²) >= 11 is 0. The second-order valence-electron chi connectivity index (χ2n) is 5.04. The van der Waals surface area contributed by atoms with Crippen molar-refractivity contribution in [2.45, 2.75) is 20.3 Å². The van der Waals surface area contributed by atoms with Gasteiger partial charge in [-0.1, -0.05) is 55.5 Å². The first-order valence-corrected chi connectivity index (χ1v) is 7.85.